The molecule has 4 nitrogen and oxygen atoms in total. The average molecular weight is 406 g/mol. The summed E-state index contributed by atoms with van der Waals surface area (Å²) < 4.78 is 0.994. The molecule has 0 saturated heterocycles. The van der Waals surface area contributed by atoms with Crippen molar-refractivity contribution in [1.29, 1.82) is 0 Å². The molecule has 1 aliphatic rings. The predicted octanol–water partition coefficient (Wildman–Crippen LogP) is 4.96. The van der Waals surface area contributed by atoms with Gasteiger partial charge in [0, 0.05) is 27.1 Å². The van der Waals surface area contributed by atoms with Gasteiger partial charge < -0.3 is 16.4 Å². The SMILES string of the molecule is Nc1ccc2c(c1)/C(=C(/Nc1ccc(Br)cc1)c1ccccc1)C(=O)N2. The van der Waals surface area contributed by atoms with E-state index >= 15 is 0 Å². The number of nitrogens with two attached hydrogens (primary N) is 1. The minimum Gasteiger partial charge on any atom is -0.399 e. The summed E-state index contributed by atoms with van der Waals surface area (Å²) in [5.74, 6) is -0.144. The predicted molar refractivity (Wildman–Crippen MR) is 111 cm³/mol. The Morgan fingerprint density at radius 3 is 2.42 bits per heavy atom. The Morgan fingerprint density at radius 2 is 1.69 bits per heavy atom. The average Bonchev–Trinajstić information content (AvgIpc) is 2.97. The van der Waals surface area contributed by atoms with E-state index in [1.807, 2.05) is 66.7 Å². The molecule has 0 spiro atoms. The van der Waals surface area contributed by atoms with Crippen LogP contribution in [0.4, 0.5) is 17.1 Å². The van der Waals surface area contributed by atoms with E-state index in [0.717, 1.165) is 32.7 Å². The minimum absolute atomic E-state index is 0.144. The number of hydrogen-bond donors (Lipinski definition) is 3. The van der Waals surface area contributed by atoms with Crippen LogP contribution in [-0.4, -0.2) is 5.91 Å². The number of carbonyl (C=O) groups is 1. The molecule has 26 heavy (non-hydrogen) atoms. The van der Waals surface area contributed by atoms with Crippen molar-refractivity contribution in [2.45, 2.75) is 0 Å². The second-order valence-electron chi connectivity index (χ2n) is 6.01. The lowest BCUT2D eigenvalue weighted by Gasteiger charge is -2.15. The van der Waals surface area contributed by atoms with Gasteiger partial charge in [0.25, 0.3) is 5.91 Å². The second-order valence-corrected chi connectivity index (χ2v) is 6.92. The van der Waals surface area contributed by atoms with Gasteiger partial charge in [0.05, 0.1) is 11.3 Å². The van der Waals surface area contributed by atoms with Crippen molar-refractivity contribution in [3.05, 3.63) is 88.4 Å². The summed E-state index contributed by atoms with van der Waals surface area (Å²) in [6.07, 6.45) is 0. The zero-order valence-corrected chi connectivity index (χ0v) is 15.4. The molecule has 1 heterocycles. The monoisotopic (exact) mass is 405 g/mol. The number of nitrogen functional groups attached to an aromatic ring is 1. The molecule has 1 amide bonds. The van der Waals surface area contributed by atoms with Crippen LogP contribution in [-0.2, 0) is 4.79 Å². The maximum absolute atomic E-state index is 12.7. The quantitative estimate of drug-likeness (QED) is 0.425. The summed E-state index contributed by atoms with van der Waals surface area (Å²) in [6, 6.07) is 23.1. The van der Waals surface area contributed by atoms with Crippen molar-refractivity contribution in [3.8, 4) is 0 Å². The van der Waals surface area contributed by atoms with E-state index in [2.05, 4.69) is 26.6 Å². The summed E-state index contributed by atoms with van der Waals surface area (Å²) in [5.41, 5.74) is 11.3. The second kappa shape index (κ2) is 6.69. The molecular formula is C21H16BrN3O. The van der Waals surface area contributed by atoms with Gasteiger partial charge in [0.1, 0.15) is 0 Å². The van der Waals surface area contributed by atoms with Crippen molar-refractivity contribution in [2.75, 3.05) is 16.4 Å². The third-order valence-corrected chi connectivity index (χ3v) is 4.74. The van der Waals surface area contributed by atoms with Crippen molar-refractivity contribution >= 4 is 50.2 Å². The van der Waals surface area contributed by atoms with Gasteiger partial charge in [0.2, 0.25) is 0 Å². The van der Waals surface area contributed by atoms with Crippen molar-refractivity contribution in [1.82, 2.24) is 0 Å². The standard InChI is InChI=1S/C21H16BrN3O/c22-14-6-9-16(10-7-14)24-20(13-4-2-1-3-5-13)19-17-12-15(23)8-11-18(17)25-21(19)26/h1-12,24H,23H2,(H,25,26)/b20-19-. The first-order valence-corrected chi connectivity index (χ1v) is 8.94. The molecule has 0 aliphatic carbocycles. The van der Waals surface area contributed by atoms with Crippen LogP contribution >= 0.6 is 15.9 Å². The number of amides is 1. The number of halogens is 1. The molecule has 0 atom stereocenters. The largest absolute Gasteiger partial charge is 0.399 e. The first kappa shape index (κ1) is 16.4. The van der Waals surface area contributed by atoms with E-state index in [4.69, 9.17) is 5.73 Å². The maximum atomic E-state index is 12.7. The lowest BCUT2D eigenvalue weighted by Crippen LogP contribution is -2.10. The molecule has 0 bridgehead atoms. The van der Waals surface area contributed by atoms with Gasteiger partial charge in [-0.05, 0) is 48.0 Å². The van der Waals surface area contributed by atoms with Gasteiger partial charge in [-0.1, -0.05) is 46.3 Å². The van der Waals surface area contributed by atoms with Gasteiger partial charge in [0.15, 0.2) is 0 Å². The molecule has 4 rings (SSSR count). The zero-order valence-electron chi connectivity index (χ0n) is 13.8. The van der Waals surface area contributed by atoms with Gasteiger partial charge in [-0.15, -0.1) is 0 Å². The highest BCUT2D eigenvalue weighted by Gasteiger charge is 2.28. The molecule has 0 saturated carbocycles. The van der Waals surface area contributed by atoms with Crippen molar-refractivity contribution < 1.29 is 4.79 Å². The Morgan fingerprint density at radius 1 is 0.962 bits per heavy atom. The van der Waals surface area contributed by atoms with Gasteiger partial charge in [-0.3, -0.25) is 4.79 Å². The first-order valence-electron chi connectivity index (χ1n) is 8.15. The van der Waals surface area contributed by atoms with Crippen LogP contribution in [0, 0.1) is 0 Å². The fourth-order valence-corrected chi connectivity index (χ4v) is 3.26. The maximum Gasteiger partial charge on any atom is 0.258 e. The molecule has 3 aromatic rings. The number of hydrogen-bond acceptors (Lipinski definition) is 3. The molecule has 0 unspecified atom stereocenters. The van der Waals surface area contributed by atoms with E-state index in [-0.39, 0.29) is 5.91 Å². The Kier molecular flexibility index (Phi) is 4.22. The minimum atomic E-state index is -0.144. The summed E-state index contributed by atoms with van der Waals surface area (Å²) in [6.45, 7) is 0. The summed E-state index contributed by atoms with van der Waals surface area (Å²) in [7, 11) is 0. The molecule has 3 aromatic carbocycles. The highest BCUT2D eigenvalue weighted by atomic mass is 79.9. The summed E-state index contributed by atoms with van der Waals surface area (Å²) >= 11 is 3.44. The van der Waals surface area contributed by atoms with Crippen molar-refractivity contribution in [3.63, 3.8) is 0 Å². The molecule has 0 aromatic heterocycles. The van der Waals surface area contributed by atoms with Crippen molar-refractivity contribution in [2.24, 2.45) is 0 Å². The van der Waals surface area contributed by atoms with Crippen LogP contribution in [0.15, 0.2) is 77.3 Å². The van der Waals surface area contributed by atoms with E-state index in [1.54, 1.807) is 6.07 Å². The van der Waals surface area contributed by atoms with Crippen LogP contribution in [0.5, 0.6) is 0 Å². The zero-order chi connectivity index (χ0) is 18.1. The molecule has 0 fully saturated rings. The number of fused-ring (bicyclic) bond motifs is 1. The van der Waals surface area contributed by atoms with Gasteiger partial charge in [-0.25, -0.2) is 0 Å². The van der Waals surface area contributed by atoms with Gasteiger partial charge >= 0.3 is 0 Å². The van der Waals surface area contributed by atoms with E-state index in [9.17, 15) is 4.79 Å². The number of nitrogens with one attached hydrogen (secondary N) is 2. The number of carbonyl (C=O) groups excluding carboxylic acids is 1. The number of rotatable bonds is 3. The van der Waals surface area contributed by atoms with Crippen LogP contribution in [0.2, 0.25) is 0 Å². The Bertz CT molecular complexity index is 1010. The number of benzene rings is 3. The Labute approximate surface area is 159 Å². The molecular weight excluding hydrogens is 390 g/mol. The number of anilines is 3. The fourth-order valence-electron chi connectivity index (χ4n) is 2.99. The van der Waals surface area contributed by atoms with E-state index in [0.29, 0.717) is 11.3 Å². The van der Waals surface area contributed by atoms with Crippen LogP contribution in [0.1, 0.15) is 11.1 Å². The lowest BCUT2D eigenvalue weighted by atomic mass is 9.99. The first-order chi connectivity index (χ1) is 12.6. The van der Waals surface area contributed by atoms with E-state index in [1.165, 1.54) is 0 Å². The Hall–Kier alpha value is -3.05. The van der Waals surface area contributed by atoms with Crippen LogP contribution in [0.25, 0.3) is 11.3 Å². The fraction of sp³-hybridized carbons (Fsp3) is 0. The third kappa shape index (κ3) is 3.09. The lowest BCUT2D eigenvalue weighted by molar-refractivity contribution is -0.110. The summed E-state index contributed by atoms with van der Waals surface area (Å²) in [4.78, 5) is 12.7. The van der Waals surface area contributed by atoms with Crippen LogP contribution in [0.3, 0.4) is 0 Å². The highest BCUT2D eigenvalue weighted by Crippen LogP contribution is 2.38. The molecule has 128 valence electrons. The van der Waals surface area contributed by atoms with E-state index < -0.39 is 0 Å². The topological polar surface area (TPSA) is 67.1 Å². The normalized spacial score (nSPS) is 14.6. The molecule has 0 radical (unpaired) electrons. The molecule has 4 N–H and O–H groups in total. The summed E-state index contributed by atoms with van der Waals surface area (Å²) in [5, 5.41) is 6.33. The third-order valence-electron chi connectivity index (χ3n) is 4.21. The highest BCUT2D eigenvalue weighted by molar-refractivity contribution is 9.10. The molecule has 1 aliphatic heterocycles. The van der Waals surface area contributed by atoms with Crippen LogP contribution < -0.4 is 16.4 Å². The Balaban J connectivity index is 1.91. The smallest absolute Gasteiger partial charge is 0.258 e. The van der Waals surface area contributed by atoms with Gasteiger partial charge in [-0.2, -0.15) is 0 Å². The molecule has 5 heteroatoms.